The van der Waals surface area contributed by atoms with Crippen LogP contribution in [-0.4, -0.2) is 32.4 Å². The molecule has 0 saturated carbocycles. The monoisotopic (exact) mass is 292 g/mol. The van der Waals surface area contributed by atoms with E-state index in [-0.39, 0.29) is 19.0 Å². The van der Waals surface area contributed by atoms with Crippen LogP contribution in [0.15, 0.2) is 23.1 Å². The summed E-state index contributed by atoms with van der Waals surface area (Å²) in [5, 5.41) is 0. The van der Waals surface area contributed by atoms with Crippen LogP contribution in [0.3, 0.4) is 0 Å². The Labute approximate surface area is 112 Å². The van der Waals surface area contributed by atoms with Crippen LogP contribution >= 0.6 is 0 Å². The van der Waals surface area contributed by atoms with Crippen molar-refractivity contribution in [2.75, 3.05) is 19.6 Å². The minimum atomic E-state index is -4.05. The standard InChI is InChI=1S/C12H18F2N2O2S/c1-3-16(8-9(2)7-15)19(17,18)12-6-10(13)4-5-11(12)14/h4-6,9H,3,7-8,15H2,1-2H3. The van der Waals surface area contributed by atoms with Gasteiger partial charge in [-0.15, -0.1) is 0 Å². The van der Waals surface area contributed by atoms with E-state index in [9.17, 15) is 17.2 Å². The molecule has 0 aliphatic carbocycles. The molecule has 0 aromatic heterocycles. The number of hydrogen-bond donors (Lipinski definition) is 1. The van der Waals surface area contributed by atoms with Gasteiger partial charge in [-0.3, -0.25) is 0 Å². The number of hydrogen-bond acceptors (Lipinski definition) is 3. The van der Waals surface area contributed by atoms with Crippen LogP contribution < -0.4 is 5.73 Å². The third kappa shape index (κ3) is 3.71. The van der Waals surface area contributed by atoms with Gasteiger partial charge in [0, 0.05) is 13.1 Å². The number of benzene rings is 1. The quantitative estimate of drug-likeness (QED) is 0.865. The fourth-order valence-corrected chi connectivity index (χ4v) is 3.28. The highest BCUT2D eigenvalue weighted by molar-refractivity contribution is 7.89. The molecule has 0 amide bonds. The van der Waals surface area contributed by atoms with Crippen molar-refractivity contribution in [3.8, 4) is 0 Å². The highest BCUT2D eigenvalue weighted by Crippen LogP contribution is 2.21. The summed E-state index contributed by atoms with van der Waals surface area (Å²) >= 11 is 0. The maximum Gasteiger partial charge on any atom is 0.246 e. The van der Waals surface area contributed by atoms with Crippen molar-refractivity contribution < 1.29 is 17.2 Å². The Balaban J connectivity index is 3.17. The highest BCUT2D eigenvalue weighted by atomic mass is 32.2. The summed E-state index contributed by atoms with van der Waals surface area (Å²) in [4.78, 5) is -0.640. The van der Waals surface area contributed by atoms with Crippen molar-refractivity contribution >= 4 is 10.0 Å². The molecule has 108 valence electrons. The zero-order valence-corrected chi connectivity index (χ0v) is 11.8. The van der Waals surface area contributed by atoms with Crippen molar-refractivity contribution in [2.45, 2.75) is 18.7 Å². The van der Waals surface area contributed by atoms with Crippen molar-refractivity contribution in [1.82, 2.24) is 4.31 Å². The van der Waals surface area contributed by atoms with Gasteiger partial charge in [-0.25, -0.2) is 17.2 Å². The van der Waals surface area contributed by atoms with Crippen LogP contribution in [0.25, 0.3) is 0 Å². The lowest BCUT2D eigenvalue weighted by atomic mass is 10.2. The lowest BCUT2D eigenvalue weighted by molar-refractivity contribution is 0.368. The smallest absolute Gasteiger partial charge is 0.246 e. The van der Waals surface area contributed by atoms with Crippen molar-refractivity contribution in [1.29, 1.82) is 0 Å². The Kier molecular flexibility index (Phi) is 5.39. The molecule has 0 fully saturated rings. The van der Waals surface area contributed by atoms with Crippen LogP contribution in [0.2, 0.25) is 0 Å². The van der Waals surface area contributed by atoms with Gasteiger partial charge in [-0.05, 0) is 30.7 Å². The van der Waals surface area contributed by atoms with E-state index < -0.39 is 26.6 Å². The molecule has 19 heavy (non-hydrogen) atoms. The molecule has 1 aromatic carbocycles. The second kappa shape index (κ2) is 6.40. The molecule has 1 aromatic rings. The van der Waals surface area contributed by atoms with E-state index in [4.69, 9.17) is 5.73 Å². The Morgan fingerprint density at radius 3 is 2.53 bits per heavy atom. The summed E-state index contributed by atoms with van der Waals surface area (Å²) in [6, 6.07) is 2.38. The molecule has 0 aliphatic heterocycles. The van der Waals surface area contributed by atoms with E-state index >= 15 is 0 Å². The first-order valence-electron chi connectivity index (χ1n) is 5.98. The molecule has 0 aliphatic rings. The van der Waals surface area contributed by atoms with E-state index in [1.54, 1.807) is 13.8 Å². The summed E-state index contributed by atoms with van der Waals surface area (Å²) in [5.41, 5.74) is 5.46. The van der Waals surface area contributed by atoms with Crippen molar-refractivity contribution in [3.63, 3.8) is 0 Å². The summed E-state index contributed by atoms with van der Waals surface area (Å²) in [5.74, 6) is -1.81. The highest BCUT2D eigenvalue weighted by Gasteiger charge is 2.27. The number of halogens is 2. The zero-order chi connectivity index (χ0) is 14.6. The molecule has 2 N–H and O–H groups in total. The summed E-state index contributed by atoms with van der Waals surface area (Å²) in [6.45, 7) is 4.09. The van der Waals surface area contributed by atoms with Crippen LogP contribution in [0, 0.1) is 17.6 Å². The van der Waals surface area contributed by atoms with E-state index in [1.807, 2.05) is 0 Å². The number of nitrogens with two attached hydrogens (primary N) is 1. The maximum absolute atomic E-state index is 13.6. The predicted molar refractivity (Wildman–Crippen MR) is 69.0 cm³/mol. The fourth-order valence-electron chi connectivity index (χ4n) is 1.63. The number of rotatable bonds is 6. The van der Waals surface area contributed by atoms with Gasteiger partial charge in [0.2, 0.25) is 10.0 Å². The molecule has 0 spiro atoms. The first kappa shape index (κ1) is 16.0. The summed E-state index contributed by atoms with van der Waals surface area (Å²) in [6.07, 6.45) is 0. The number of sulfonamides is 1. The first-order valence-corrected chi connectivity index (χ1v) is 7.42. The Morgan fingerprint density at radius 1 is 1.37 bits per heavy atom. The normalized spacial score (nSPS) is 13.8. The van der Waals surface area contributed by atoms with Crippen molar-refractivity contribution in [3.05, 3.63) is 29.8 Å². The Bertz CT molecular complexity index is 535. The predicted octanol–water partition coefficient (Wildman–Crippen LogP) is 1.57. The molecule has 1 rings (SSSR count). The van der Waals surface area contributed by atoms with Crippen LogP contribution in [0.5, 0.6) is 0 Å². The Hall–Kier alpha value is -1.05. The minimum absolute atomic E-state index is 0.0636. The number of nitrogens with zero attached hydrogens (tertiary/aromatic N) is 1. The topological polar surface area (TPSA) is 63.4 Å². The largest absolute Gasteiger partial charge is 0.330 e. The fraction of sp³-hybridized carbons (Fsp3) is 0.500. The molecule has 1 atom stereocenters. The van der Waals surface area contributed by atoms with E-state index in [0.717, 1.165) is 16.4 Å². The second-order valence-corrected chi connectivity index (χ2v) is 6.28. The second-order valence-electron chi connectivity index (χ2n) is 4.37. The van der Waals surface area contributed by atoms with Gasteiger partial charge in [0.05, 0.1) is 0 Å². The molecule has 0 radical (unpaired) electrons. The Morgan fingerprint density at radius 2 is 2.00 bits per heavy atom. The van der Waals surface area contributed by atoms with Crippen LogP contribution in [0.1, 0.15) is 13.8 Å². The summed E-state index contributed by atoms with van der Waals surface area (Å²) < 4.78 is 52.3. The SMILES string of the molecule is CCN(CC(C)CN)S(=O)(=O)c1cc(F)ccc1F. The molecule has 0 heterocycles. The van der Waals surface area contributed by atoms with Gasteiger partial charge >= 0.3 is 0 Å². The van der Waals surface area contributed by atoms with Gasteiger partial charge in [0.15, 0.2) is 0 Å². The van der Waals surface area contributed by atoms with E-state index in [2.05, 4.69) is 0 Å². The van der Waals surface area contributed by atoms with E-state index in [0.29, 0.717) is 12.6 Å². The van der Waals surface area contributed by atoms with Crippen molar-refractivity contribution in [2.24, 2.45) is 11.7 Å². The minimum Gasteiger partial charge on any atom is -0.330 e. The molecule has 0 saturated heterocycles. The molecule has 0 bridgehead atoms. The van der Waals surface area contributed by atoms with Gasteiger partial charge in [-0.2, -0.15) is 4.31 Å². The third-order valence-electron chi connectivity index (χ3n) is 2.78. The van der Waals surface area contributed by atoms with E-state index in [1.165, 1.54) is 0 Å². The van der Waals surface area contributed by atoms with Gasteiger partial charge in [0.1, 0.15) is 16.5 Å². The zero-order valence-electron chi connectivity index (χ0n) is 10.9. The average molecular weight is 292 g/mol. The average Bonchev–Trinajstić information content (AvgIpc) is 2.37. The van der Waals surface area contributed by atoms with Gasteiger partial charge in [-0.1, -0.05) is 13.8 Å². The van der Waals surface area contributed by atoms with Gasteiger partial charge < -0.3 is 5.73 Å². The molecular weight excluding hydrogens is 274 g/mol. The van der Waals surface area contributed by atoms with Crippen LogP contribution in [0.4, 0.5) is 8.78 Å². The lowest BCUT2D eigenvalue weighted by Crippen LogP contribution is -2.37. The molecule has 7 heteroatoms. The van der Waals surface area contributed by atoms with Crippen LogP contribution in [-0.2, 0) is 10.0 Å². The van der Waals surface area contributed by atoms with Gasteiger partial charge in [0.25, 0.3) is 0 Å². The third-order valence-corrected chi connectivity index (χ3v) is 4.74. The maximum atomic E-state index is 13.6. The first-order chi connectivity index (χ1) is 8.82. The molecule has 4 nitrogen and oxygen atoms in total. The summed E-state index contributed by atoms with van der Waals surface area (Å²) in [7, 11) is -4.05. The molecular formula is C12H18F2N2O2S. The molecule has 1 unspecified atom stereocenters. The lowest BCUT2D eigenvalue weighted by Gasteiger charge is -2.23.